The maximum atomic E-state index is 10.4. The van der Waals surface area contributed by atoms with E-state index in [0.29, 0.717) is 33.9 Å². The van der Waals surface area contributed by atoms with E-state index < -0.39 is 0 Å². The largest absolute Gasteiger partial charge is 0.507 e. The first kappa shape index (κ1) is 12.6. The molecule has 0 aliphatic carbocycles. The van der Waals surface area contributed by atoms with Gasteiger partial charge in [-0.05, 0) is 24.6 Å². The van der Waals surface area contributed by atoms with Crippen molar-refractivity contribution in [1.29, 1.82) is 0 Å². The number of benzene rings is 3. The first-order valence-electron chi connectivity index (χ1n) is 6.71. The van der Waals surface area contributed by atoms with Gasteiger partial charge in [-0.15, -0.1) is 0 Å². The van der Waals surface area contributed by atoms with Crippen LogP contribution in [0.15, 0.2) is 42.5 Å². The van der Waals surface area contributed by atoms with Crippen LogP contribution in [0.1, 0.15) is 13.3 Å². The highest BCUT2D eigenvalue weighted by Gasteiger charge is 2.12. The molecule has 0 heterocycles. The van der Waals surface area contributed by atoms with Gasteiger partial charge in [0.1, 0.15) is 17.2 Å². The van der Waals surface area contributed by atoms with E-state index in [2.05, 4.69) is 0 Å². The van der Waals surface area contributed by atoms with E-state index in [4.69, 9.17) is 4.74 Å². The molecule has 0 spiro atoms. The SMILES string of the molecule is CCCOc1ccc2c(O)c3ccccc3c(O)c2c1. The molecule has 0 aliphatic heterocycles. The summed E-state index contributed by atoms with van der Waals surface area (Å²) < 4.78 is 5.58. The molecule has 0 amide bonds. The van der Waals surface area contributed by atoms with Gasteiger partial charge in [0.05, 0.1) is 6.61 Å². The van der Waals surface area contributed by atoms with Gasteiger partial charge in [-0.1, -0.05) is 31.2 Å². The third kappa shape index (κ3) is 1.92. The molecule has 102 valence electrons. The van der Waals surface area contributed by atoms with Crippen LogP contribution in [-0.4, -0.2) is 16.8 Å². The van der Waals surface area contributed by atoms with Gasteiger partial charge < -0.3 is 14.9 Å². The number of fused-ring (bicyclic) bond motifs is 2. The average molecular weight is 268 g/mol. The Hall–Kier alpha value is -2.42. The molecule has 0 aliphatic rings. The highest BCUT2D eigenvalue weighted by molar-refractivity contribution is 6.10. The summed E-state index contributed by atoms with van der Waals surface area (Å²) in [5, 5.41) is 23.3. The summed E-state index contributed by atoms with van der Waals surface area (Å²) in [4.78, 5) is 0. The van der Waals surface area contributed by atoms with Gasteiger partial charge in [-0.3, -0.25) is 0 Å². The van der Waals surface area contributed by atoms with Gasteiger partial charge in [0.25, 0.3) is 0 Å². The molecule has 3 aromatic rings. The van der Waals surface area contributed by atoms with E-state index in [9.17, 15) is 10.2 Å². The third-order valence-electron chi connectivity index (χ3n) is 3.41. The summed E-state index contributed by atoms with van der Waals surface area (Å²) >= 11 is 0. The van der Waals surface area contributed by atoms with Crippen LogP contribution in [0.25, 0.3) is 21.5 Å². The van der Waals surface area contributed by atoms with Gasteiger partial charge >= 0.3 is 0 Å². The van der Waals surface area contributed by atoms with Crippen LogP contribution in [0.2, 0.25) is 0 Å². The van der Waals surface area contributed by atoms with Gasteiger partial charge in [0.2, 0.25) is 0 Å². The molecule has 0 unspecified atom stereocenters. The Morgan fingerprint density at radius 1 is 0.850 bits per heavy atom. The van der Waals surface area contributed by atoms with Crippen molar-refractivity contribution in [2.45, 2.75) is 13.3 Å². The van der Waals surface area contributed by atoms with Crippen molar-refractivity contribution >= 4 is 21.5 Å². The van der Waals surface area contributed by atoms with Crippen molar-refractivity contribution in [3.63, 3.8) is 0 Å². The van der Waals surface area contributed by atoms with Crippen LogP contribution in [-0.2, 0) is 0 Å². The van der Waals surface area contributed by atoms with Crippen LogP contribution in [0, 0.1) is 0 Å². The van der Waals surface area contributed by atoms with Gasteiger partial charge in [0, 0.05) is 21.5 Å². The number of phenols is 2. The van der Waals surface area contributed by atoms with E-state index in [0.717, 1.165) is 6.42 Å². The normalized spacial score (nSPS) is 11.1. The molecule has 0 radical (unpaired) electrons. The lowest BCUT2D eigenvalue weighted by molar-refractivity contribution is 0.318. The second kappa shape index (κ2) is 4.93. The highest BCUT2D eigenvalue weighted by atomic mass is 16.5. The van der Waals surface area contributed by atoms with Crippen molar-refractivity contribution < 1.29 is 14.9 Å². The molecule has 3 nitrogen and oxygen atoms in total. The Kier molecular flexibility index (Phi) is 3.11. The summed E-state index contributed by atoms with van der Waals surface area (Å²) in [6.07, 6.45) is 0.924. The smallest absolute Gasteiger partial charge is 0.131 e. The molecular weight excluding hydrogens is 252 g/mol. The summed E-state index contributed by atoms with van der Waals surface area (Å²) in [5.41, 5.74) is 0. The summed E-state index contributed by atoms with van der Waals surface area (Å²) in [7, 11) is 0. The molecule has 0 aromatic heterocycles. The van der Waals surface area contributed by atoms with Crippen molar-refractivity contribution in [3.05, 3.63) is 42.5 Å². The minimum atomic E-state index is 0.176. The molecular formula is C17H16O3. The summed E-state index contributed by atoms with van der Waals surface area (Å²) in [6, 6.07) is 12.6. The number of ether oxygens (including phenoxy) is 1. The third-order valence-corrected chi connectivity index (χ3v) is 3.41. The fraction of sp³-hybridized carbons (Fsp3) is 0.176. The van der Waals surface area contributed by atoms with Gasteiger partial charge in [-0.2, -0.15) is 0 Å². The quantitative estimate of drug-likeness (QED) is 0.553. The standard InChI is InChI=1S/C17H16O3/c1-2-9-20-11-7-8-14-15(10-11)17(19)13-6-4-3-5-12(13)16(14)18/h3-8,10,18-19H,2,9H2,1H3. The van der Waals surface area contributed by atoms with Gasteiger partial charge in [0.15, 0.2) is 0 Å². The molecule has 3 heteroatoms. The average Bonchev–Trinajstić information content (AvgIpc) is 2.50. The van der Waals surface area contributed by atoms with Crippen molar-refractivity contribution in [2.75, 3.05) is 6.61 Å². The lowest BCUT2D eigenvalue weighted by Gasteiger charge is -2.11. The fourth-order valence-electron chi connectivity index (χ4n) is 2.42. The Morgan fingerprint density at radius 3 is 2.10 bits per heavy atom. The lowest BCUT2D eigenvalue weighted by atomic mass is 10.0. The van der Waals surface area contributed by atoms with Crippen molar-refractivity contribution in [1.82, 2.24) is 0 Å². The molecule has 2 N–H and O–H groups in total. The van der Waals surface area contributed by atoms with Gasteiger partial charge in [-0.25, -0.2) is 0 Å². The number of hydrogen-bond donors (Lipinski definition) is 2. The lowest BCUT2D eigenvalue weighted by Crippen LogP contribution is -1.94. The number of phenolic OH excluding ortho intramolecular Hbond substituents is 2. The maximum Gasteiger partial charge on any atom is 0.131 e. The Morgan fingerprint density at radius 2 is 1.45 bits per heavy atom. The minimum Gasteiger partial charge on any atom is -0.507 e. The Bertz CT molecular complexity index is 778. The van der Waals surface area contributed by atoms with E-state index in [-0.39, 0.29) is 11.5 Å². The molecule has 0 bridgehead atoms. The van der Waals surface area contributed by atoms with Crippen LogP contribution < -0.4 is 4.74 Å². The predicted molar refractivity (Wildman–Crippen MR) is 80.6 cm³/mol. The molecule has 0 saturated heterocycles. The number of hydrogen-bond acceptors (Lipinski definition) is 3. The fourth-order valence-corrected chi connectivity index (χ4v) is 2.42. The predicted octanol–water partition coefficient (Wildman–Crippen LogP) is 4.19. The molecule has 3 rings (SSSR count). The number of rotatable bonds is 3. The van der Waals surface area contributed by atoms with E-state index in [1.807, 2.05) is 25.1 Å². The minimum absolute atomic E-state index is 0.176. The van der Waals surface area contributed by atoms with Crippen LogP contribution in [0.3, 0.4) is 0 Å². The summed E-state index contributed by atoms with van der Waals surface area (Å²) in [6.45, 7) is 2.67. The first-order chi connectivity index (χ1) is 9.72. The monoisotopic (exact) mass is 268 g/mol. The van der Waals surface area contributed by atoms with E-state index in [1.165, 1.54) is 0 Å². The Labute approximate surface area is 117 Å². The zero-order valence-electron chi connectivity index (χ0n) is 11.3. The molecule has 0 saturated carbocycles. The maximum absolute atomic E-state index is 10.4. The first-order valence-corrected chi connectivity index (χ1v) is 6.71. The van der Waals surface area contributed by atoms with Crippen LogP contribution in [0.4, 0.5) is 0 Å². The Balaban J connectivity index is 2.29. The second-order valence-electron chi connectivity index (χ2n) is 4.80. The molecule has 0 fully saturated rings. The molecule has 0 atom stereocenters. The molecule has 20 heavy (non-hydrogen) atoms. The van der Waals surface area contributed by atoms with Crippen molar-refractivity contribution in [3.8, 4) is 17.2 Å². The van der Waals surface area contributed by atoms with E-state index in [1.54, 1.807) is 24.3 Å². The zero-order valence-corrected chi connectivity index (χ0v) is 11.3. The van der Waals surface area contributed by atoms with Crippen LogP contribution in [0.5, 0.6) is 17.2 Å². The highest BCUT2D eigenvalue weighted by Crippen LogP contribution is 2.42. The van der Waals surface area contributed by atoms with E-state index >= 15 is 0 Å². The number of aromatic hydroxyl groups is 2. The molecule has 3 aromatic carbocycles. The summed E-state index contributed by atoms with van der Waals surface area (Å²) in [5.74, 6) is 1.06. The van der Waals surface area contributed by atoms with Crippen LogP contribution >= 0.6 is 0 Å². The zero-order chi connectivity index (χ0) is 14.1. The van der Waals surface area contributed by atoms with Crippen molar-refractivity contribution in [2.24, 2.45) is 0 Å². The topological polar surface area (TPSA) is 49.7 Å². The second-order valence-corrected chi connectivity index (χ2v) is 4.80.